The van der Waals surface area contributed by atoms with Gasteiger partial charge >= 0.3 is 0 Å². The summed E-state index contributed by atoms with van der Waals surface area (Å²) in [6, 6.07) is 0. The number of hydrogen-bond acceptors (Lipinski definition) is 3. The van der Waals surface area contributed by atoms with Gasteiger partial charge in [-0.3, -0.25) is 0 Å². The van der Waals surface area contributed by atoms with E-state index in [0.29, 0.717) is 23.0 Å². The Labute approximate surface area is 78.4 Å². The van der Waals surface area contributed by atoms with Crippen LogP contribution in [-0.2, 0) is 0 Å². The van der Waals surface area contributed by atoms with Crippen LogP contribution >= 0.6 is 0 Å². The molecular weight excluding hydrogens is 166 g/mol. The third-order valence-electron chi connectivity index (χ3n) is 4.06. The van der Waals surface area contributed by atoms with Crippen LogP contribution in [0.15, 0.2) is 5.16 Å². The molecular formula is C10H17NO2. The molecule has 0 amide bonds. The van der Waals surface area contributed by atoms with E-state index in [9.17, 15) is 5.11 Å². The molecule has 0 aromatic rings. The van der Waals surface area contributed by atoms with Crippen LogP contribution in [0.1, 0.15) is 33.6 Å². The van der Waals surface area contributed by atoms with E-state index >= 15 is 0 Å². The Hall–Kier alpha value is -0.570. The van der Waals surface area contributed by atoms with Crippen molar-refractivity contribution in [2.75, 3.05) is 0 Å². The second-order valence-corrected chi connectivity index (χ2v) is 5.26. The average Bonchev–Trinajstić information content (AvgIpc) is 2.50. The van der Waals surface area contributed by atoms with E-state index in [2.05, 4.69) is 19.0 Å². The van der Waals surface area contributed by atoms with E-state index < -0.39 is 5.60 Å². The Morgan fingerprint density at radius 1 is 1.31 bits per heavy atom. The van der Waals surface area contributed by atoms with Crippen LogP contribution in [0.5, 0.6) is 0 Å². The van der Waals surface area contributed by atoms with Crippen molar-refractivity contribution in [1.29, 1.82) is 0 Å². The Balaban J connectivity index is 2.22. The second kappa shape index (κ2) is 2.27. The monoisotopic (exact) mass is 183 g/mol. The minimum atomic E-state index is -0.885. The molecule has 2 aliphatic carbocycles. The molecule has 3 atom stereocenters. The highest BCUT2D eigenvalue weighted by Gasteiger charge is 2.63. The molecule has 0 unspecified atom stereocenters. The lowest BCUT2D eigenvalue weighted by molar-refractivity contribution is 0.0971. The Bertz CT molecular complexity index is 268. The molecule has 0 aliphatic heterocycles. The summed E-state index contributed by atoms with van der Waals surface area (Å²) in [5.74, 6) is 1.21. The highest BCUT2D eigenvalue weighted by Crippen LogP contribution is 2.65. The Kier molecular flexibility index (Phi) is 1.57. The van der Waals surface area contributed by atoms with E-state index in [1.807, 2.05) is 0 Å². The number of fused-ring (bicyclic) bond motifs is 1. The Morgan fingerprint density at radius 2 is 1.92 bits per heavy atom. The van der Waals surface area contributed by atoms with Gasteiger partial charge in [-0.1, -0.05) is 19.0 Å². The molecule has 0 heterocycles. The quantitative estimate of drug-likeness (QED) is 0.443. The number of nitrogens with zero attached hydrogens (tertiary/aromatic N) is 1. The fourth-order valence-electron chi connectivity index (χ4n) is 2.79. The molecule has 13 heavy (non-hydrogen) atoms. The lowest BCUT2D eigenvalue weighted by atomic mass is 9.85. The van der Waals surface area contributed by atoms with E-state index in [1.165, 1.54) is 0 Å². The first kappa shape index (κ1) is 9.00. The maximum Gasteiger partial charge on any atom is 0.103 e. The molecule has 2 aliphatic rings. The van der Waals surface area contributed by atoms with E-state index in [0.717, 1.165) is 12.8 Å². The van der Waals surface area contributed by atoms with Crippen molar-refractivity contribution in [3.8, 4) is 0 Å². The fraction of sp³-hybridized carbons (Fsp3) is 0.900. The molecule has 2 saturated carbocycles. The van der Waals surface area contributed by atoms with Gasteiger partial charge in [-0.05, 0) is 37.0 Å². The molecule has 2 N–H and O–H groups in total. The van der Waals surface area contributed by atoms with Gasteiger partial charge in [0, 0.05) is 0 Å². The van der Waals surface area contributed by atoms with E-state index in [1.54, 1.807) is 6.92 Å². The molecule has 0 aromatic carbocycles. The van der Waals surface area contributed by atoms with Gasteiger partial charge in [0.15, 0.2) is 0 Å². The normalized spacial score (nSPS) is 50.3. The van der Waals surface area contributed by atoms with Crippen LogP contribution < -0.4 is 0 Å². The number of oxime groups is 1. The Morgan fingerprint density at radius 3 is 2.46 bits per heavy atom. The van der Waals surface area contributed by atoms with Crippen LogP contribution in [0.4, 0.5) is 0 Å². The smallest absolute Gasteiger partial charge is 0.103 e. The zero-order valence-electron chi connectivity index (χ0n) is 8.41. The van der Waals surface area contributed by atoms with Crippen LogP contribution in [0, 0.1) is 17.3 Å². The van der Waals surface area contributed by atoms with Gasteiger partial charge in [-0.2, -0.15) is 0 Å². The summed E-state index contributed by atoms with van der Waals surface area (Å²) in [5.41, 5.74) is -0.000509. The molecule has 0 spiro atoms. The molecule has 2 rings (SSSR count). The van der Waals surface area contributed by atoms with Crippen molar-refractivity contribution in [2.24, 2.45) is 22.4 Å². The zero-order chi connectivity index (χ0) is 9.85. The molecule has 74 valence electrons. The molecule has 3 nitrogen and oxygen atoms in total. The second-order valence-electron chi connectivity index (χ2n) is 5.26. The fourth-order valence-corrected chi connectivity index (χ4v) is 2.79. The SMILES string of the molecule is CC1(C)[C@@H]2C[C@](C)(O)/C(=N/O)C[C@@H]21. The van der Waals surface area contributed by atoms with Gasteiger partial charge in [0.25, 0.3) is 0 Å². The summed E-state index contributed by atoms with van der Waals surface area (Å²) in [5, 5.41) is 21.9. The van der Waals surface area contributed by atoms with E-state index in [-0.39, 0.29) is 0 Å². The van der Waals surface area contributed by atoms with Crippen molar-refractivity contribution in [3.63, 3.8) is 0 Å². The topological polar surface area (TPSA) is 52.8 Å². The lowest BCUT2D eigenvalue weighted by Gasteiger charge is -2.27. The summed E-state index contributed by atoms with van der Waals surface area (Å²) in [6.07, 6.45) is 1.49. The summed E-state index contributed by atoms with van der Waals surface area (Å²) >= 11 is 0. The van der Waals surface area contributed by atoms with Gasteiger partial charge in [-0.25, -0.2) is 0 Å². The first-order valence-electron chi connectivity index (χ1n) is 4.83. The maximum atomic E-state index is 9.97. The van der Waals surface area contributed by atoms with Crippen molar-refractivity contribution in [1.82, 2.24) is 0 Å². The molecule has 3 heteroatoms. The first-order valence-corrected chi connectivity index (χ1v) is 4.83. The molecule has 0 radical (unpaired) electrons. The van der Waals surface area contributed by atoms with Crippen molar-refractivity contribution < 1.29 is 10.3 Å². The largest absolute Gasteiger partial charge is 0.411 e. The predicted molar refractivity (Wildman–Crippen MR) is 49.8 cm³/mol. The third kappa shape index (κ3) is 1.10. The summed E-state index contributed by atoms with van der Waals surface area (Å²) in [4.78, 5) is 0. The van der Waals surface area contributed by atoms with Crippen LogP contribution in [0.3, 0.4) is 0 Å². The van der Waals surface area contributed by atoms with Gasteiger partial charge in [0.1, 0.15) is 5.60 Å². The van der Waals surface area contributed by atoms with Crippen molar-refractivity contribution in [3.05, 3.63) is 0 Å². The highest BCUT2D eigenvalue weighted by molar-refractivity contribution is 5.93. The van der Waals surface area contributed by atoms with Crippen molar-refractivity contribution >= 4 is 5.71 Å². The predicted octanol–water partition coefficient (Wildman–Crippen LogP) is 1.63. The maximum absolute atomic E-state index is 9.97. The molecule has 0 bridgehead atoms. The van der Waals surface area contributed by atoms with E-state index in [4.69, 9.17) is 5.21 Å². The van der Waals surface area contributed by atoms with Gasteiger partial charge in [-0.15, -0.1) is 0 Å². The van der Waals surface area contributed by atoms with Gasteiger partial charge < -0.3 is 10.3 Å². The summed E-state index contributed by atoms with van der Waals surface area (Å²) in [6.45, 7) is 6.18. The molecule has 2 fully saturated rings. The molecule has 0 saturated heterocycles. The standard InChI is InChI=1S/C10H17NO2/c1-9(2)6-4-8(11-13)10(3,12)5-7(6)9/h6-7,12-13H,4-5H2,1-3H3/b11-8+/t6-,7+,10-/m0/s1. The minimum Gasteiger partial charge on any atom is -0.411 e. The lowest BCUT2D eigenvalue weighted by Crippen LogP contribution is -2.39. The third-order valence-corrected chi connectivity index (χ3v) is 4.06. The summed E-state index contributed by atoms with van der Waals surface area (Å²) in [7, 11) is 0. The number of rotatable bonds is 0. The number of aliphatic hydroxyl groups is 1. The van der Waals surface area contributed by atoms with Gasteiger partial charge in [0.05, 0.1) is 5.71 Å². The van der Waals surface area contributed by atoms with Crippen LogP contribution in [-0.4, -0.2) is 21.6 Å². The minimum absolute atomic E-state index is 0.330. The van der Waals surface area contributed by atoms with Crippen LogP contribution in [0.2, 0.25) is 0 Å². The number of hydrogen-bond donors (Lipinski definition) is 2. The van der Waals surface area contributed by atoms with Crippen LogP contribution in [0.25, 0.3) is 0 Å². The molecule has 0 aromatic heterocycles. The average molecular weight is 183 g/mol. The highest BCUT2D eigenvalue weighted by atomic mass is 16.4. The van der Waals surface area contributed by atoms with Gasteiger partial charge in [0.2, 0.25) is 0 Å². The first-order chi connectivity index (χ1) is 5.89. The van der Waals surface area contributed by atoms with Crippen molar-refractivity contribution in [2.45, 2.75) is 39.2 Å². The zero-order valence-corrected chi connectivity index (χ0v) is 8.41. The summed E-state index contributed by atoms with van der Waals surface area (Å²) < 4.78 is 0.